The second-order valence-electron chi connectivity index (χ2n) is 3.45. The van der Waals surface area contributed by atoms with Crippen molar-refractivity contribution in [1.29, 1.82) is 0 Å². The number of nitrogens with zero attached hydrogens (tertiary/aromatic N) is 2. The number of anilines is 1. The highest BCUT2D eigenvalue weighted by molar-refractivity contribution is 7.14. The van der Waals surface area contributed by atoms with Crippen molar-refractivity contribution in [2.24, 2.45) is 0 Å². The number of ether oxygens (including phenoxy) is 1. The van der Waals surface area contributed by atoms with E-state index in [1.165, 1.54) is 0 Å². The van der Waals surface area contributed by atoms with Gasteiger partial charge in [0.25, 0.3) is 0 Å². The molecule has 1 fully saturated rings. The van der Waals surface area contributed by atoms with Crippen LogP contribution < -0.4 is 10.2 Å². The van der Waals surface area contributed by atoms with E-state index >= 15 is 0 Å². The van der Waals surface area contributed by atoms with Gasteiger partial charge < -0.3 is 15.0 Å². The number of halogens is 1. The van der Waals surface area contributed by atoms with Gasteiger partial charge in [-0.1, -0.05) is 11.6 Å². The fourth-order valence-corrected chi connectivity index (χ4v) is 2.62. The molecule has 2 rings (SSSR count). The molecule has 1 aliphatic heterocycles. The lowest BCUT2D eigenvalue weighted by Crippen LogP contribution is -2.46. The fraction of sp³-hybridized carbons (Fsp3) is 0.667. The Morgan fingerprint density at radius 3 is 3.33 bits per heavy atom. The van der Waals surface area contributed by atoms with Crippen LogP contribution in [-0.2, 0) is 4.74 Å². The standard InChI is InChI=1S/C9H14ClN3OS/c1-11-4-7-5-13(2-3-14-7)9-12-8(10)6-15-9/h6-7,11H,2-5H2,1H3. The lowest BCUT2D eigenvalue weighted by molar-refractivity contribution is 0.0421. The summed E-state index contributed by atoms with van der Waals surface area (Å²) in [6.07, 6.45) is 0.242. The molecule has 4 nitrogen and oxygen atoms in total. The first-order valence-corrected chi connectivity index (χ1v) is 6.17. The summed E-state index contributed by atoms with van der Waals surface area (Å²) in [6, 6.07) is 0. The van der Waals surface area contributed by atoms with Gasteiger partial charge in [-0.3, -0.25) is 0 Å². The summed E-state index contributed by atoms with van der Waals surface area (Å²) in [4.78, 5) is 6.49. The Labute approximate surface area is 98.2 Å². The monoisotopic (exact) mass is 247 g/mol. The molecule has 0 bridgehead atoms. The van der Waals surface area contributed by atoms with E-state index in [1.54, 1.807) is 11.3 Å². The number of morpholine rings is 1. The number of hydrogen-bond donors (Lipinski definition) is 1. The number of thiazole rings is 1. The molecule has 2 heterocycles. The quantitative estimate of drug-likeness (QED) is 0.872. The second-order valence-corrected chi connectivity index (χ2v) is 4.67. The Bertz CT molecular complexity index is 318. The minimum absolute atomic E-state index is 0.242. The summed E-state index contributed by atoms with van der Waals surface area (Å²) < 4.78 is 5.62. The first kappa shape index (κ1) is 11.1. The van der Waals surface area contributed by atoms with E-state index in [-0.39, 0.29) is 6.10 Å². The van der Waals surface area contributed by atoms with E-state index in [1.807, 2.05) is 12.4 Å². The van der Waals surface area contributed by atoms with Crippen LogP contribution in [0.25, 0.3) is 0 Å². The zero-order valence-electron chi connectivity index (χ0n) is 8.57. The zero-order valence-corrected chi connectivity index (χ0v) is 10.1. The molecule has 1 N–H and O–H groups in total. The molecule has 1 aromatic heterocycles. The molecule has 0 saturated carbocycles. The SMILES string of the molecule is CNCC1CN(c2nc(Cl)cs2)CCO1. The third-order valence-electron chi connectivity index (χ3n) is 2.31. The minimum Gasteiger partial charge on any atom is -0.373 e. The van der Waals surface area contributed by atoms with Crippen LogP contribution in [0.5, 0.6) is 0 Å². The van der Waals surface area contributed by atoms with Gasteiger partial charge in [0.15, 0.2) is 5.13 Å². The molecule has 1 unspecified atom stereocenters. The van der Waals surface area contributed by atoms with Gasteiger partial charge in [0, 0.05) is 25.0 Å². The first-order chi connectivity index (χ1) is 7.29. The molecule has 0 spiro atoms. The van der Waals surface area contributed by atoms with Crippen LogP contribution in [0.3, 0.4) is 0 Å². The van der Waals surface area contributed by atoms with Gasteiger partial charge >= 0.3 is 0 Å². The molecule has 6 heteroatoms. The fourth-order valence-electron chi connectivity index (χ4n) is 1.63. The Hall–Kier alpha value is -0.360. The summed E-state index contributed by atoms with van der Waals surface area (Å²) in [6.45, 7) is 3.40. The molecule has 0 aliphatic carbocycles. The molecular formula is C9H14ClN3OS. The van der Waals surface area contributed by atoms with Crippen LogP contribution in [0, 0.1) is 0 Å². The maximum atomic E-state index is 5.81. The van der Waals surface area contributed by atoms with Crippen molar-refractivity contribution in [1.82, 2.24) is 10.3 Å². The highest BCUT2D eigenvalue weighted by Crippen LogP contribution is 2.24. The highest BCUT2D eigenvalue weighted by atomic mass is 35.5. The van der Waals surface area contributed by atoms with Crippen molar-refractivity contribution in [3.05, 3.63) is 10.5 Å². The molecule has 0 radical (unpaired) electrons. The molecule has 1 aliphatic rings. The van der Waals surface area contributed by atoms with Gasteiger partial charge in [0.2, 0.25) is 0 Å². The largest absolute Gasteiger partial charge is 0.373 e. The summed E-state index contributed by atoms with van der Waals surface area (Å²) in [5.74, 6) is 0. The van der Waals surface area contributed by atoms with Crippen molar-refractivity contribution in [2.75, 3.05) is 38.2 Å². The third-order valence-corrected chi connectivity index (χ3v) is 3.53. The minimum atomic E-state index is 0.242. The maximum Gasteiger partial charge on any atom is 0.186 e. The summed E-state index contributed by atoms with van der Waals surface area (Å²) in [5.41, 5.74) is 0. The Kier molecular flexibility index (Phi) is 3.80. The van der Waals surface area contributed by atoms with Crippen molar-refractivity contribution in [2.45, 2.75) is 6.10 Å². The van der Waals surface area contributed by atoms with Crippen molar-refractivity contribution in [3.63, 3.8) is 0 Å². The maximum absolute atomic E-state index is 5.81. The molecule has 0 amide bonds. The van der Waals surface area contributed by atoms with Gasteiger partial charge in [-0.25, -0.2) is 4.98 Å². The van der Waals surface area contributed by atoms with E-state index in [0.29, 0.717) is 5.15 Å². The van der Waals surface area contributed by atoms with Crippen LogP contribution in [0.2, 0.25) is 5.15 Å². The normalized spacial score (nSPS) is 22.0. The number of hydrogen-bond acceptors (Lipinski definition) is 5. The van der Waals surface area contributed by atoms with E-state index in [4.69, 9.17) is 16.3 Å². The van der Waals surface area contributed by atoms with Crippen molar-refractivity contribution >= 4 is 28.1 Å². The van der Waals surface area contributed by atoms with Crippen molar-refractivity contribution < 1.29 is 4.74 Å². The first-order valence-electron chi connectivity index (χ1n) is 4.92. The highest BCUT2D eigenvalue weighted by Gasteiger charge is 2.21. The molecular weight excluding hydrogens is 234 g/mol. The molecule has 15 heavy (non-hydrogen) atoms. The number of rotatable bonds is 3. The van der Waals surface area contributed by atoms with Crippen LogP contribution in [0.15, 0.2) is 5.38 Å². The predicted molar refractivity (Wildman–Crippen MR) is 63.0 cm³/mol. The Morgan fingerprint density at radius 1 is 1.80 bits per heavy atom. The average molecular weight is 248 g/mol. The summed E-state index contributed by atoms with van der Waals surface area (Å²) in [7, 11) is 1.93. The topological polar surface area (TPSA) is 37.4 Å². The van der Waals surface area contributed by atoms with Gasteiger partial charge in [-0.15, -0.1) is 11.3 Å². The molecule has 1 saturated heterocycles. The second kappa shape index (κ2) is 5.12. The molecule has 1 atom stereocenters. The van der Waals surface area contributed by atoms with Crippen LogP contribution >= 0.6 is 22.9 Å². The number of nitrogens with one attached hydrogen (secondary N) is 1. The predicted octanol–water partition coefficient (Wildman–Crippen LogP) is 1.22. The van der Waals surface area contributed by atoms with Gasteiger partial charge in [-0.05, 0) is 7.05 Å². The summed E-state index contributed by atoms with van der Waals surface area (Å²) >= 11 is 7.39. The van der Waals surface area contributed by atoms with Crippen LogP contribution in [-0.4, -0.2) is 44.4 Å². The van der Waals surface area contributed by atoms with Crippen LogP contribution in [0.1, 0.15) is 0 Å². The number of aromatic nitrogens is 1. The van der Waals surface area contributed by atoms with Crippen molar-refractivity contribution in [3.8, 4) is 0 Å². The average Bonchev–Trinajstić information content (AvgIpc) is 2.66. The Balaban J connectivity index is 1.98. The van der Waals surface area contributed by atoms with Gasteiger partial charge in [0.1, 0.15) is 5.15 Å². The zero-order chi connectivity index (χ0) is 10.7. The van der Waals surface area contributed by atoms with E-state index in [9.17, 15) is 0 Å². The van der Waals surface area contributed by atoms with Gasteiger partial charge in [0.05, 0.1) is 12.7 Å². The molecule has 1 aromatic rings. The van der Waals surface area contributed by atoms with Crippen LogP contribution in [0.4, 0.5) is 5.13 Å². The lowest BCUT2D eigenvalue weighted by atomic mass is 10.3. The summed E-state index contributed by atoms with van der Waals surface area (Å²) in [5, 5.41) is 6.55. The lowest BCUT2D eigenvalue weighted by Gasteiger charge is -2.32. The third kappa shape index (κ3) is 2.81. The molecule has 84 valence electrons. The van der Waals surface area contributed by atoms with E-state index in [0.717, 1.165) is 31.4 Å². The smallest absolute Gasteiger partial charge is 0.186 e. The number of likely N-dealkylation sites (N-methyl/N-ethyl adjacent to an activating group) is 1. The van der Waals surface area contributed by atoms with Gasteiger partial charge in [-0.2, -0.15) is 0 Å². The van der Waals surface area contributed by atoms with E-state index < -0.39 is 0 Å². The molecule has 0 aromatic carbocycles. The Morgan fingerprint density at radius 2 is 2.67 bits per heavy atom. The van der Waals surface area contributed by atoms with E-state index in [2.05, 4.69) is 15.2 Å².